The van der Waals surface area contributed by atoms with E-state index in [1.54, 1.807) is 5.32 Å². The van der Waals surface area contributed by atoms with Gasteiger partial charge in [0.25, 0.3) is 0 Å². The van der Waals surface area contributed by atoms with Crippen LogP contribution in [0, 0.1) is 5.41 Å². The van der Waals surface area contributed by atoms with E-state index in [0.29, 0.717) is 26.4 Å². The third-order valence-corrected chi connectivity index (χ3v) is 3.54. The standard InChI is InChI=1S/C12H19F3N2O3/c1-10(2)5-4-6-17(7-10)9(20)16-11(3,8(18)19)12(13,14)15/h4-7H2,1-3H3,(H,16,20)(H,18,19). The van der Waals surface area contributed by atoms with Gasteiger partial charge in [-0.25, -0.2) is 9.59 Å². The first-order chi connectivity index (χ1) is 8.89. The molecular weight excluding hydrogens is 277 g/mol. The average molecular weight is 296 g/mol. The Labute approximate surface area is 115 Å². The van der Waals surface area contributed by atoms with E-state index in [-0.39, 0.29) is 5.41 Å². The lowest BCUT2D eigenvalue weighted by Gasteiger charge is -2.39. The van der Waals surface area contributed by atoms with Crippen molar-refractivity contribution >= 4 is 12.0 Å². The van der Waals surface area contributed by atoms with Gasteiger partial charge in [-0.2, -0.15) is 13.2 Å². The fourth-order valence-electron chi connectivity index (χ4n) is 2.14. The number of piperidine rings is 1. The van der Waals surface area contributed by atoms with Gasteiger partial charge in [-0.15, -0.1) is 0 Å². The lowest BCUT2D eigenvalue weighted by molar-refractivity contribution is -0.203. The number of carboxylic acid groups (broad SMARTS) is 1. The second kappa shape index (κ2) is 5.14. The summed E-state index contributed by atoms with van der Waals surface area (Å²) in [5, 5.41) is 10.4. The third-order valence-electron chi connectivity index (χ3n) is 3.54. The van der Waals surface area contributed by atoms with Crippen LogP contribution in [0.15, 0.2) is 0 Å². The molecule has 1 aliphatic heterocycles. The zero-order chi connectivity index (χ0) is 15.8. The first-order valence-electron chi connectivity index (χ1n) is 6.26. The molecule has 8 heteroatoms. The molecule has 0 aromatic rings. The largest absolute Gasteiger partial charge is 0.479 e. The number of carbonyl (C=O) groups excluding carboxylic acids is 1. The Balaban J connectivity index is 2.85. The average Bonchev–Trinajstić information content (AvgIpc) is 2.25. The topological polar surface area (TPSA) is 69.6 Å². The van der Waals surface area contributed by atoms with E-state index in [4.69, 9.17) is 5.11 Å². The van der Waals surface area contributed by atoms with Gasteiger partial charge in [-0.1, -0.05) is 13.8 Å². The molecule has 20 heavy (non-hydrogen) atoms. The molecule has 1 aliphatic rings. The van der Waals surface area contributed by atoms with Gasteiger partial charge in [0.05, 0.1) is 0 Å². The SMILES string of the molecule is CC1(C)CCCN(C(=O)NC(C)(C(=O)O)C(F)(F)F)C1. The van der Waals surface area contributed by atoms with E-state index < -0.39 is 23.7 Å². The minimum Gasteiger partial charge on any atom is -0.479 e. The van der Waals surface area contributed by atoms with Gasteiger partial charge in [-0.05, 0) is 25.2 Å². The van der Waals surface area contributed by atoms with Gasteiger partial charge >= 0.3 is 18.2 Å². The molecule has 0 saturated carbocycles. The van der Waals surface area contributed by atoms with Crippen molar-refractivity contribution in [2.24, 2.45) is 5.41 Å². The van der Waals surface area contributed by atoms with Gasteiger partial charge in [-0.3, -0.25) is 0 Å². The zero-order valence-electron chi connectivity index (χ0n) is 11.7. The molecule has 1 atom stereocenters. The van der Waals surface area contributed by atoms with Crippen LogP contribution in [0.5, 0.6) is 0 Å². The number of alkyl halides is 3. The summed E-state index contributed by atoms with van der Waals surface area (Å²) in [6, 6.07) is -1.000. The predicted molar refractivity (Wildman–Crippen MR) is 65.2 cm³/mol. The Hall–Kier alpha value is -1.47. The van der Waals surface area contributed by atoms with Crippen LogP contribution < -0.4 is 5.32 Å². The molecule has 1 unspecified atom stereocenters. The number of aliphatic carboxylic acids is 1. The quantitative estimate of drug-likeness (QED) is 0.821. The third kappa shape index (κ3) is 3.34. The molecule has 0 spiro atoms. The van der Waals surface area contributed by atoms with Crippen LogP contribution in [-0.4, -0.2) is 46.8 Å². The highest BCUT2D eigenvalue weighted by Gasteiger charge is 2.59. The fourth-order valence-corrected chi connectivity index (χ4v) is 2.14. The van der Waals surface area contributed by atoms with E-state index in [9.17, 15) is 22.8 Å². The van der Waals surface area contributed by atoms with Gasteiger partial charge < -0.3 is 15.3 Å². The number of rotatable bonds is 2. The zero-order valence-corrected chi connectivity index (χ0v) is 11.7. The number of halogens is 3. The molecular formula is C12H19F3N2O3. The number of likely N-dealkylation sites (tertiary alicyclic amines) is 1. The molecule has 1 rings (SSSR count). The summed E-state index contributed by atoms with van der Waals surface area (Å²) in [7, 11) is 0. The van der Waals surface area contributed by atoms with Crippen molar-refractivity contribution in [1.29, 1.82) is 0 Å². The summed E-state index contributed by atoms with van der Waals surface area (Å²) in [4.78, 5) is 24.0. The summed E-state index contributed by atoms with van der Waals surface area (Å²) in [6.45, 7) is 4.89. The summed E-state index contributed by atoms with van der Waals surface area (Å²) in [6.07, 6.45) is -3.53. The second-order valence-electron chi connectivity index (χ2n) is 6.05. The van der Waals surface area contributed by atoms with E-state index in [2.05, 4.69) is 0 Å². The normalized spacial score (nSPS) is 22.0. The highest BCUT2D eigenvalue weighted by Crippen LogP contribution is 2.32. The second-order valence-corrected chi connectivity index (χ2v) is 6.05. The van der Waals surface area contributed by atoms with Crippen LogP contribution >= 0.6 is 0 Å². The molecule has 0 aliphatic carbocycles. The Bertz CT molecular complexity index is 409. The summed E-state index contributed by atoms with van der Waals surface area (Å²) >= 11 is 0. The Morgan fingerprint density at radius 2 is 1.85 bits per heavy atom. The Morgan fingerprint density at radius 3 is 2.25 bits per heavy atom. The van der Waals surface area contributed by atoms with Gasteiger partial charge in [0.1, 0.15) is 0 Å². The number of hydrogen-bond donors (Lipinski definition) is 2. The maximum atomic E-state index is 12.8. The number of hydrogen-bond acceptors (Lipinski definition) is 2. The number of urea groups is 1. The van der Waals surface area contributed by atoms with Crippen LogP contribution in [0.3, 0.4) is 0 Å². The fraction of sp³-hybridized carbons (Fsp3) is 0.833. The maximum Gasteiger partial charge on any atom is 0.422 e. The molecule has 2 N–H and O–H groups in total. The van der Waals surface area contributed by atoms with E-state index in [1.807, 2.05) is 13.8 Å². The van der Waals surface area contributed by atoms with Gasteiger partial charge in [0.2, 0.25) is 5.54 Å². The number of nitrogens with one attached hydrogen (secondary N) is 1. The van der Waals surface area contributed by atoms with Crippen LogP contribution in [0.2, 0.25) is 0 Å². The number of nitrogens with zero attached hydrogens (tertiary/aromatic N) is 1. The Kier molecular flexibility index (Phi) is 4.26. The molecule has 0 radical (unpaired) electrons. The van der Waals surface area contributed by atoms with E-state index in [0.717, 1.165) is 6.42 Å². The highest BCUT2D eigenvalue weighted by atomic mass is 19.4. The van der Waals surface area contributed by atoms with Crippen molar-refractivity contribution in [3.63, 3.8) is 0 Å². The summed E-state index contributed by atoms with van der Waals surface area (Å²) in [5.74, 6) is -2.13. The Morgan fingerprint density at radius 1 is 1.30 bits per heavy atom. The molecule has 5 nitrogen and oxygen atoms in total. The minimum absolute atomic E-state index is 0.187. The van der Waals surface area contributed by atoms with Crippen molar-refractivity contribution in [2.75, 3.05) is 13.1 Å². The summed E-state index contributed by atoms with van der Waals surface area (Å²) in [5.41, 5.74) is -3.47. The van der Waals surface area contributed by atoms with Crippen LogP contribution in [0.25, 0.3) is 0 Å². The molecule has 1 saturated heterocycles. The monoisotopic (exact) mass is 296 g/mol. The van der Waals surface area contributed by atoms with Gasteiger partial charge in [0.15, 0.2) is 0 Å². The van der Waals surface area contributed by atoms with Crippen LogP contribution in [-0.2, 0) is 4.79 Å². The van der Waals surface area contributed by atoms with E-state index >= 15 is 0 Å². The van der Waals surface area contributed by atoms with Crippen LogP contribution in [0.4, 0.5) is 18.0 Å². The molecule has 0 aromatic carbocycles. The van der Waals surface area contributed by atoms with Gasteiger partial charge in [0, 0.05) is 13.1 Å². The lowest BCUT2D eigenvalue weighted by Crippen LogP contribution is -2.64. The lowest BCUT2D eigenvalue weighted by atomic mass is 9.84. The molecule has 1 fully saturated rings. The molecule has 0 bridgehead atoms. The van der Waals surface area contributed by atoms with Crippen molar-refractivity contribution < 1.29 is 27.9 Å². The molecule has 116 valence electrons. The minimum atomic E-state index is -5.07. The first kappa shape index (κ1) is 16.6. The molecule has 1 heterocycles. The number of amides is 2. The summed E-state index contributed by atoms with van der Waals surface area (Å²) < 4.78 is 38.5. The first-order valence-corrected chi connectivity index (χ1v) is 6.26. The van der Waals surface area contributed by atoms with Crippen molar-refractivity contribution in [3.8, 4) is 0 Å². The molecule has 2 amide bonds. The van der Waals surface area contributed by atoms with Crippen molar-refractivity contribution in [1.82, 2.24) is 10.2 Å². The van der Waals surface area contributed by atoms with Crippen LogP contribution in [0.1, 0.15) is 33.6 Å². The maximum absolute atomic E-state index is 12.8. The van der Waals surface area contributed by atoms with Crippen molar-refractivity contribution in [2.45, 2.75) is 45.3 Å². The molecule has 0 aromatic heterocycles. The number of carbonyl (C=O) groups is 2. The highest BCUT2D eigenvalue weighted by molar-refractivity contribution is 5.86. The smallest absolute Gasteiger partial charge is 0.422 e. The predicted octanol–water partition coefficient (Wildman–Crippen LogP) is 2.22. The number of carboxylic acids is 1. The van der Waals surface area contributed by atoms with E-state index in [1.165, 1.54) is 4.90 Å². The van der Waals surface area contributed by atoms with Crippen molar-refractivity contribution in [3.05, 3.63) is 0 Å².